The summed E-state index contributed by atoms with van der Waals surface area (Å²) in [6, 6.07) is 8.07. The van der Waals surface area contributed by atoms with Crippen molar-refractivity contribution in [1.29, 1.82) is 0 Å². The number of anilines is 3. The number of amides is 1. The molecule has 0 unspecified atom stereocenters. The van der Waals surface area contributed by atoms with Crippen LogP contribution in [0.5, 0.6) is 0 Å². The highest BCUT2D eigenvalue weighted by Gasteiger charge is 2.24. The van der Waals surface area contributed by atoms with E-state index in [1.165, 1.54) is 0 Å². The first-order valence-electron chi connectivity index (χ1n) is 10.0. The third kappa shape index (κ3) is 3.96. The van der Waals surface area contributed by atoms with E-state index >= 15 is 0 Å². The van der Waals surface area contributed by atoms with Crippen molar-refractivity contribution in [3.05, 3.63) is 41.2 Å². The van der Waals surface area contributed by atoms with Gasteiger partial charge in [0.15, 0.2) is 5.82 Å². The second-order valence-electron chi connectivity index (χ2n) is 7.52. The molecule has 30 heavy (non-hydrogen) atoms. The van der Waals surface area contributed by atoms with E-state index in [-0.39, 0.29) is 5.91 Å². The first kappa shape index (κ1) is 19.8. The molecule has 1 aliphatic heterocycles. The number of nitrogens with one attached hydrogen (secondary N) is 2. The fourth-order valence-corrected chi connectivity index (χ4v) is 3.62. The summed E-state index contributed by atoms with van der Waals surface area (Å²) < 4.78 is 0. The molecule has 0 radical (unpaired) electrons. The number of aromatic nitrogens is 5. The number of hydrogen-bond donors (Lipinski definition) is 2. The summed E-state index contributed by atoms with van der Waals surface area (Å²) in [6.45, 7) is 10.3. The van der Waals surface area contributed by atoms with Gasteiger partial charge in [-0.25, -0.2) is 9.97 Å². The van der Waals surface area contributed by atoms with Gasteiger partial charge in [-0.05, 0) is 26.3 Å². The highest BCUT2D eigenvalue weighted by molar-refractivity contribution is 5.74. The Bertz CT molecular complexity index is 1070. The molecule has 0 bridgehead atoms. The summed E-state index contributed by atoms with van der Waals surface area (Å²) in [5.41, 5.74) is 3.01. The van der Waals surface area contributed by atoms with Gasteiger partial charge in [0, 0.05) is 44.2 Å². The Balaban J connectivity index is 1.74. The van der Waals surface area contributed by atoms with E-state index in [2.05, 4.69) is 38.4 Å². The normalized spacial score (nSPS) is 14.1. The van der Waals surface area contributed by atoms with Crippen molar-refractivity contribution in [3.63, 3.8) is 0 Å². The highest BCUT2D eigenvalue weighted by Crippen LogP contribution is 2.30. The third-order valence-corrected chi connectivity index (χ3v) is 5.36. The number of rotatable bonds is 4. The van der Waals surface area contributed by atoms with Gasteiger partial charge >= 0.3 is 0 Å². The Hall–Kier alpha value is -3.49. The molecule has 0 aliphatic carbocycles. The number of piperazine rings is 1. The lowest BCUT2D eigenvalue weighted by atomic mass is 10.1. The molecule has 1 amide bonds. The number of hydrogen-bond acceptors (Lipinski definition) is 7. The lowest BCUT2D eigenvalue weighted by molar-refractivity contribution is -0.129. The number of benzene rings is 1. The molecule has 9 heteroatoms. The Morgan fingerprint density at radius 3 is 2.40 bits per heavy atom. The maximum Gasteiger partial charge on any atom is 0.247 e. The van der Waals surface area contributed by atoms with E-state index in [4.69, 9.17) is 9.97 Å². The molecule has 0 atom stereocenters. The molecule has 0 spiro atoms. The van der Waals surface area contributed by atoms with Crippen molar-refractivity contribution in [3.8, 4) is 11.4 Å². The molecule has 2 aromatic heterocycles. The predicted molar refractivity (Wildman–Crippen MR) is 116 cm³/mol. The minimum atomic E-state index is 0.108. The van der Waals surface area contributed by atoms with Crippen molar-refractivity contribution < 1.29 is 4.79 Å². The van der Waals surface area contributed by atoms with Crippen LogP contribution in [0.1, 0.15) is 23.9 Å². The maximum atomic E-state index is 11.7. The van der Waals surface area contributed by atoms with Crippen LogP contribution < -0.4 is 10.2 Å². The average molecular weight is 406 g/mol. The minimum absolute atomic E-state index is 0.108. The maximum absolute atomic E-state index is 11.7. The summed E-state index contributed by atoms with van der Waals surface area (Å²) in [5, 5.41) is 10.3. The Labute approximate surface area is 175 Å². The van der Waals surface area contributed by atoms with Crippen LogP contribution in [0.4, 0.5) is 17.6 Å². The van der Waals surface area contributed by atoms with E-state index in [1.54, 1.807) is 6.92 Å². The van der Waals surface area contributed by atoms with Gasteiger partial charge in [-0.15, -0.1) is 5.10 Å². The van der Waals surface area contributed by atoms with Gasteiger partial charge in [0.1, 0.15) is 17.5 Å². The minimum Gasteiger partial charge on any atom is -0.353 e. The number of nitrogens with zero attached hydrogens (tertiary/aromatic N) is 6. The van der Waals surface area contributed by atoms with Gasteiger partial charge in [0.2, 0.25) is 11.9 Å². The van der Waals surface area contributed by atoms with E-state index in [0.717, 1.165) is 41.4 Å². The summed E-state index contributed by atoms with van der Waals surface area (Å²) in [6.07, 6.45) is 0. The van der Waals surface area contributed by atoms with Crippen molar-refractivity contribution in [1.82, 2.24) is 30.0 Å². The molecule has 2 N–H and O–H groups in total. The third-order valence-electron chi connectivity index (χ3n) is 5.36. The zero-order valence-electron chi connectivity index (χ0n) is 17.7. The van der Waals surface area contributed by atoms with Gasteiger partial charge in [-0.3, -0.25) is 9.89 Å². The van der Waals surface area contributed by atoms with Crippen LogP contribution in [-0.4, -0.2) is 62.1 Å². The number of H-pyrrole nitrogens is 1. The molecule has 3 heterocycles. The van der Waals surface area contributed by atoms with Crippen LogP contribution >= 0.6 is 0 Å². The molecule has 0 saturated carbocycles. The molecule has 3 aromatic rings. The van der Waals surface area contributed by atoms with Gasteiger partial charge < -0.3 is 15.1 Å². The SMILES string of the molecule is CC(=O)N1CCN(c2nc(-c3ccccc3C)nc(Nc3n[nH]c(C)n3)c2C)CC1. The second kappa shape index (κ2) is 8.10. The second-order valence-corrected chi connectivity index (χ2v) is 7.52. The smallest absolute Gasteiger partial charge is 0.247 e. The molecular formula is C21H26N8O. The fraction of sp³-hybridized carbons (Fsp3) is 0.381. The average Bonchev–Trinajstić information content (AvgIpc) is 3.15. The van der Waals surface area contributed by atoms with E-state index in [0.29, 0.717) is 30.7 Å². The van der Waals surface area contributed by atoms with Gasteiger partial charge in [-0.1, -0.05) is 24.3 Å². The number of carbonyl (C=O) groups is 1. The Morgan fingerprint density at radius 1 is 1.03 bits per heavy atom. The molecule has 4 rings (SSSR count). The molecule has 156 valence electrons. The molecular weight excluding hydrogens is 380 g/mol. The summed E-state index contributed by atoms with van der Waals surface area (Å²) in [7, 11) is 0. The van der Waals surface area contributed by atoms with Crippen LogP contribution in [0.25, 0.3) is 11.4 Å². The zero-order chi connectivity index (χ0) is 21.3. The van der Waals surface area contributed by atoms with Crippen LogP contribution in [-0.2, 0) is 4.79 Å². The molecule has 1 saturated heterocycles. The largest absolute Gasteiger partial charge is 0.353 e. The van der Waals surface area contributed by atoms with Gasteiger partial charge in [0.25, 0.3) is 0 Å². The number of carbonyl (C=O) groups excluding carboxylic acids is 1. The van der Waals surface area contributed by atoms with Crippen LogP contribution in [0.2, 0.25) is 0 Å². The standard InChI is InChI=1S/C21H26N8O/c1-13-7-5-6-8-17(13)19-23-18(25-21-22-15(3)26-27-21)14(2)20(24-19)29-11-9-28(10-12-29)16(4)30/h5-8H,9-12H2,1-4H3,(H2,22,23,24,25,26,27). The van der Waals surface area contributed by atoms with Crippen LogP contribution in [0.15, 0.2) is 24.3 Å². The van der Waals surface area contributed by atoms with Crippen molar-refractivity contribution in [2.75, 3.05) is 36.4 Å². The van der Waals surface area contributed by atoms with Crippen molar-refractivity contribution in [2.24, 2.45) is 0 Å². The molecule has 1 aliphatic rings. The number of aromatic amines is 1. The zero-order valence-corrected chi connectivity index (χ0v) is 17.7. The lowest BCUT2D eigenvalue weighted by Crippen LogP contribution is -2.48. The van der Waals surface area contributed by atoms with Crippen molar-refractivity contribution in [2.45, 2.75) is 27.7 Å². The van der Waals surface area contributed by atoms with Gasteiger partial charge in [-0.2, -0.15) is 4.98 Å². The van der Waals surface area contributed by atoms with E-state index in [1.807, 2.05) is 36.9 Å². The predicted octanol–water partition coefficient (Wildman–Crippen LogP) is 2.60. The number of aryl methyl sites for hydroxylation is 2. The topological polar surface area (TPSA) is 103 Å². The fourth-order valence-electron chi connectivity index (χ4n) is 3.62. The summed E-state index contributed by atoms with van der Waals surface area (Å²) in [4.78, 5) is 29.8. The first-order valence-corrected chi connectivity index (χ1v) is 10.0. The van der Waals surface area contributed by atoms with E-state index in [9.17, 15) is 4.79 Å². The molecule has 1 fully saturated rings. The molecule has 1 aromatic carbocycles. The first-order chi connectivity index (χ1) is 14.4. The molecule has 9 nitrogen and oxygen atoms in total. The Morgan fingerprint density at radius 2 is 1.77 bits per heavy atom. The van der Waals surface area contributed by atoms with Crippen LogP contribution in [0, 0.1) is 20.8 Å². The van der Waals surface area contributed by atoms with E-state index < -0.39 is 0 Å². The van der Waals surface area contributed by atoms with Gasteiger partial charge in [0.05, 0.1) is 0 Å². The summed E-state index contributed by atoms with van der Waals surface area (Å²) >= 11 is 0. The quantitative estimate of drug-likeness (QED) is 0.686. The summed E-state index contributed by atoms with van der Waals surface area (Å²) in [5.74, 6) is 3.49. The monoisotopic (exact) mass is 406 g/mol. The van der Waals surface area contributed by atoms with Crippen LogP contribution in [0.3, 0.4) is 0 Å². The Kier molecular flexibility index (Phi) is 5.35. The van der Waals surface area contributed by atoms with Crippen molar-refractivity contribution >= 4 is 23.5 Å². The lowest BCUT2D eigenvalue weighted by Gasteiger charge is -2.35. The highest BCUT2D eigenvalue weighted by atomic mass is 16.2.